The van der Waals surface area contributed by atoms with Gasteiger partial charge in [-0.1, -0.05) is 6.42 Å². The van der Waals surface area contributed by atoms with Gasteiger partial charge >= 0.3 is 0 Å². The second kappa shape index (κ2) is 9.10. The third kappa shape index (κ3) is 5.06. The van der Waals surface area contributed by atoms with Gasteiger partial charge in [-0.25, -0.2) is 13.4 Å². The average molecular weight is 425 g/mol. The molecule has 9 nitrogen and oxygen atoms in total. The van der Waals surface area contributed by atoms with Gasteiger partial charge in [0.2, 0.25) is 21.8 Å². The fraction of sp³-hybridized carbons (Fsp3) is 0.579. The van der Waals surface area contributed by atoms with Crippen molar-refractivity contribution in [2.45, 2.75) is 50.5 Å². The Hall–Kier alpha value is -2.17. The maximum atomic E-state index is 13.0. The average Bonchev–Trinajstić information content (AvgIpc) is 3.00. The normalized spacial score (nSPS) is 21.0. The van der Waals surface area contributed by atoms with Crippen LogP contribution in [0.3, 0.4) is 0 Å². The van der Waals surface area contributed by atoms with Gasteiger partial charge in [0.1, 0.15) is 5.75 Å². The predicted molar refractivity (Wildman–Crippen MR) is 108 cm³/mol. The molecular weight excluding hydrogens is 396 g/mol. The minimum Gasteiger partial charge on any atom is -0.492 e. The smallest absolute Gasteiger partial charge is 0.243 e. The predicted octanol–water partition coefficient (Wildman–Crippen LogP) is 1.32. The number of piperidine rings is 1. The monoisotopic (exact) mass is 424 g/mol. The van der Waals surface area contributed by atoms with E-state index in [0.29, 0.717) is 37.6 Å². The van der Waals surface area contributed by atoms with Gasteiger partial charge in [0.15, 0.2) is 0 Å². The second-order valence-electron chi connectivity index (χ2n) is 7.32. The summed E-state index contributed by atoms with van der Waals surface area (Å²) in [5.41, 5.74) is 2.94. The van der Waals surface area contributed by atoms with E-state index in [-0.39, 0.29) is 29.3 Å². The lowest BCUT2D eigenvalue weighted by Crippen LogP contribution is -2.42. The van der Waals surface area contributed by atoms with Gasteiger partial charge in [-0.2, -0.15) is 4.31 Å². The number of sulfonamides is 1. The van der Waals surface area contributed by atoms with E-state index in [1.807, 2.05) is 13.8 Å². The summed E-state index contributed by atoms with van der Waals surface area (Å²) in [6, 6.07) is 4.42. The molecule has 0 aromatic heterocycles. The molecule has 10 heteroatoms. The first-order chi connectivity index (χ1) is 13.8. The third-order valence-electron chi connectivity index (χ3n) is 5.07. The number of ether oxygens (including phenoxy) is 1. The van der Waals surface area contributed by atoms with E-state index in [9.17, 15) is 18.0 Å². The summed E-state index contributed by atoms with van der Waals surface area (Å²) in [6.45, 7) is 5.00. The van der Waals surface area contributed by atoms with Gasteiger partial charge in [-0.3, -0.25) is 15.0 Å². The van der Waals surface area contributed by atoms with Crippen molar-refractivity contribution in [2.24, 2.45) is 0 Å². The van der Waals surface area contributed by atoms with Gasteiger partial charge in [-0.15, -0.1) is 0 Å². The number of hydrazine groups is 1. The summed E-state index contributed by atoms with van der Waals surface area (Å²) >= 11 is 0. The molecule has 160 valence electrons. The summed E-state index contributed by atoms with van der Waals surface area (Å²) in [7, 11) is -3.63. The Bertz CT molecular complexity index is 867. The standard InChI is InChI=1S/C19H28N4O5S/c1-3-28-17-8-7-15(29(26,27)22-9-5-4-6-10-22)12-16(17)20-19(25)13-23-14(2)11-18(24)21-23/h7-8,12,14H,3-6,9-11,13H2,1-2H3,(H,20,25)(H,21,24)/t14-/m0/s1. The van der Waals surface area contributed by atoms with Crippen LogP contribution in [0.15, 0.2) is 23.1 Å². The Labute approximate surface area is 171 Å². The molecule has 2 N–H and O–H groups in total. The maximum absolute atomic E-state index is 13.0. The van der Waals surface area contributed by atoms with Crippen LogP contribution in [0.5, 0.6) is 5.75 Å². The van der Waals surface area contributed by atoms with Gasteiger partial charge in [0.25, 0.3) is 0 Å². The molecule has 0 bridgehead atoms. The number of nitrogens with one attached hydrogen (secondary N) is 2. The van der Waals surface area contributed by atoms with Crippen LogP contribution >= 0.6 is 0 Å². The maximum Gasteiger partial charge on any atom is 0.243 e. The molecule has 2 heterocycles. The first kappa shape index (κ1) is 21.5. The summed E-state index contributed by atoms with van der Waals surface area (Å²) in [5, 5.41) is 4.30. The minimum atomic E-state index is -3.63. The van der Waals surface area contributed by atoms with E-state index in [1.165, 1.54) is 16.4 Å². The van der Waals surface area contributed by atoms with E-state index < -0.39 is 10.0 Å². The van der Waals surface area contributed by atoms with E-state index in [4.69, 9.17) is 4.74 Å². The third-order valence-corrected chi connectivity index (χ3v) is 6.97. The number of benzene rings is 1. The van der Waals surface area contributed by atoms with Crippen LogP contribution in [0.1, 0.15) is 39.5 Å². The van der Waals surface area contributed by atoms with Crippen molar-refractivity contribution in [3.63, 3.8) is 0 Å². The highest BCUT2D eigenvalue weighted by atomic mass is 32.2. The number of carbonyl (C=O) groups excluding carboxylic acids is 2. The quantitative estimate of drug-likeness (QED) is 0.684. The molecule has 3 rings (SSSR count). The molecule has 0 radical (unpaired) electrons. The van der Waals surface area contributed by atoms with Crippen LogP contribution < -0.4 is 15.5 Å². The van der Waals surface area contributed by atoms with Crippen LogP contribution in [0.25, 0.3) is 0 Å². The van der Waals surface area contributed by atoms with Crippen LogP contribution in [-0.2, 0) is 19.6 Å². The highest BCUT2D eigenvalue weighted by Gasteiger charge is 2.29. The Morgan fingerprint density at radius 3 is 2.62 bits per heavy atom. The molecule has 2 amide bonds. The van der Waals surface area contributed by atoms with E-state index in [1.54, 1.807) is 11.1 Å². The molecule has 1 aromatic carbocycles. The Balaban J connectivity index is 1.79. The number of hydrogen-bond donors (Lipinski definition) is 2. The highest BCUT2D eigenvalue weighted by molar-refractivity contribution is 7.89. The number of hydrogen-bond acceptors (Lipinski definition) is 6. The SMILES string of the molecule is CCOc1ccc(S(=O)(=O)N2CCCCC2)cc1NC(=O)CN1NC(=O)C[C@@H]1C. The van der Waals surface area contributed by atoms with E-state index in [2.05, 4.69) is 10.7 Å². The van der Waals surface area contributed by atoms with Crippen LogP contribution in [-0.4, -0.2) is 61.8 Å². The number of anilines is 1. The summed E-state index contributed by atoms with van der Waals surface area (Å²) in [5.74, 6) is -0.0978. The van der Waals surface area contributed by atoms with Crippen molar-refractivity contribution in [3.8, 4) is 5.75 Å². The van der Waals surface area contributed by atoms with Gasteiger partial charge in [0.05, 0.1) is 23.7 Å². The lowest BCUT2D eigenvalue weighted by Gasteiger charge is -2.26. The Kier molecular flexibility index (Phi) is 6.76. The molecule has 1 atom stereocenters. The topological polar surface area (TPSA) is 108 Å². The van der Waals surface area contributed by atoms with Crippen molar-refractivity contribution in [1.29, 1.82) is 0 Å². The molecular formula is C19H28N4O5S. The number of carbonyl (C=O) groups is 2. The Morgan fingerprint density at radius 2 is 2.00 bits per heavy atom. The fourth-order valence-corrected chi connectivity index (χ4v) is 5.08. The molecule has 0 unspecified atom stereocenters. The second-order valence-corrected chi connectivity index (χ2v) is 9.26. The Morgan fingerprint density at radius 1 is 1.28 bits per heavy atom. The zero-order valence-corrected chi connectivity index (χ0v) is 17.6. The molecule has 2 aliphatic rings. The van der Waals surface area contributed by atoms with Crippen molar-refractivity contribution in [3.05, 3.63) is 18.2 Å². The molecule has 2 aliphatic heterocycles. The van der Waals surface area contributed by atoms with Gasteiger partial charge < -0.3 is 10.1 Å². The lowest BCUT2D eigenvalue weighted by molar-refractivity contribution is -0.122. The zero-order valence-electron chi connectivity index (χ0n) is 16.8. The molecule has 0 saturated carbocycles. The molecule has 1 aromatic rings. The van der Waals surface area contributed by atoms with E-state index in [0.717, 1.165) is 19.3 Å². The summed E-state index contributed by atoms with van der Waals surface area (Å²) < 4.78 is 33.0. The first-order valence-corrected chi connectivity index (χ1v) is 11.4. The summed E-state index contributed by atoms with van der Waals surface area (Å²) in [6.07, 6.45) is 3.06. The molecule has 2 fully saturated rings. The first-order valence-electron chi connectivity index (χ1n) is 9.94. The van der Waals surface area contributed by atoms with Crippen molar-refractivity contribution < 1.29 is 22.7 Å². The van der Waals surface area contributed by atoms with Crippen molar-refractivity contribution >= 4 is 27.5 Å². The van der Waals surface area contributed by atoms with Crippen LogP contribution in [0.4, 0.5) is 5.69 Å². The fourth-order valence-electron chi connectivity index (χ4n) is 3.54. The molecule has 0 aliphatic carbocycles. The van der Waals surface area contributed by atoms with Gasteiger partial charge in [-0.05, 0) is 44.9 Å². The molecule has 29 heavy (non-hydrogen) atoms. The molecule has 0 spiro atoms. The van der Waals surface area contributed by atoms with E-state index >= 15 is 0 Å². The van der Waals surface area contributed by atoms with Crippen molar-refractivity contribution in [2.75, 3.05) is 31.6 Å². The van der Waals surface area contributed by atoms with Gasteiger partial charge in [0, 0.05) is 25.6 Å². The largest absolute Gasteiger partial charge is 0.492 e. The number of amides is 2. The van der Waals surface area contributed by atoms with Crippen LogP contribution in [0, 0.1) is 0 Å². The lowest BCUT2D eigenvalue weighted by atomic mass is 10.2. The minimum absolute atomic E-state index is 0.0401. The number of nitrogens with zero attached hydrogens (tertiary/aromatic N) is 2. The zero-order chi connectivity index (χ0) is 21.0. The number of rotatable bonds is 7. The summed E-state index contributed by atoms with van der Waals surface area (Å²) in [4.78, 5) is 24.1. The molecule has 2 saturated heterocycles. The highest BCUT2D eigenvalue weighted by Crippen LogP contribution is 2.30. The van der Waals surface area contributed by atoms with Crippen LogP contribution in [0.2, 0.25) is 0 Å². The van der Waals surface area contributed by atoms with Crippen molar-refractivity contribution in [1.82, 2.24) is 14.7 Å².